The Balaban J connectivity index is 0.000000258. The molecule has 0 heterocycles. The number of benzene rings is 1. The van der Waals surface area contributed by atoms with Crippen LogP contribution in [0.1, 0.15) is 89.0 Å². The third-order valence-corrected chi connectivity index (χ3v) is 6.55. The SMILES string of the molecule is CCCC1CCC(CCF)CC1.Fc1cc(C2CCC(F)CC2)cc(F)c1OC(F)(F)F. The predicted octanol–water partition coefficient (Wildman–Crippen LogP) is 8.81. The van der Waals surface area contributed by atoms with E-state index in [2.05, 4.69) is 11.7 Å². The molecule has 8 heteroatoms. The molecule has 1 aromatic rings. The van der Waals surface area contributed by atoms with Crippen molar-refractivity contribution in [2.45, 2.75) is 96.0 Å². The Morgan fingerprint density at radius 3 is 1.78 bits per heavy atom. The van der Waals surface area contributed by atoms with E-state index in [0.29, 0.717) is 18.8 Å². The van der Waals surface area contributed by atoms with E-state index in [1.165, 1.54) is 38.5 Å². The van der Waals surface area contributed by atoms with Gasteiger partial charge in [0.25, 0.3) is 0 Å². The minimum Gasteiger partial charge on any atom is -0.399 e. The molecule has 0 aliphatic heterocycles. The quantitative estimate of drug-likeness (QED) is 0.378. The Morgan fingerprint density at radius 2 is 1.34 bits per heavy atom. The Kier molecular flexibility index (Phi) is 10.6. The average molecular weight is 471 g/mol. The van der Waals surface area contributed by atoms with Crippen molar-refractivity contribution >= 4 is 0 Å². The summed E-state index contributed by atoms with van der Waals surface area (Å²) in [5.74, 6) is -2.83. The van der Waals surface area contributed by atoms with Crippen molar-refractivity contribution in [3.8, 4) is 5.75 Å². The van der Waals surface area contributed by atoms with Crippen LogP contribution in [-0.2, 0) is 0 Å². The molecule has 0 unspecified atom stereocenters. The maximum Gasteiger partial charge on any atom is 0.573 e. The predicted molar refractivity (Wildman–Crippen MR) is 110 cm³/mol. The summed E-state index contributed by atoms with van der Waals surface area (Å²) in [5, 5.41) is 0. The minimum atomic E-state index is -5.16. The summed E-state index contributed by atoms with van der Waals surface area (Å²) in [5.41, 5.74) is 0.237. The molecule has 0 spiro atoms. The fraction of sp³-hybridized carbons (Fsp3) is 0.750. The molecule has 2 fully saturated rings. The van der Waals surface area contributed by atoms with Crippen molar-refractivity contribution in [3.05, 3.63) is 29.3 Å². The summed E-state index contributed by atoms with van der Waals surface area (Å²) < 4.78 is 91.4. The highest BCUT2D eigenvalue weighted by atomic mass is 19.4. The second-order valence-corrected chi connectivity index (χ2v) is 8.96. The summed E-state index contributed by atoms with van der Waals surface area (Å²) >= 11 is 0. The minimum absolute atomic E-state index is 0.108. The van der Waals surface area contributed by atoms with Crippen LogP contribution in [0.3, 0.4) is 0 Å². The lowest BCUT2D eigenvalue weighted by atomic mass is 9.79. The average Bonchev–Trinajstić information content (AvgIpc) is 2.73. The van der Waals surface area contributed by atoms with Gasteiger partial charge in [0.05, 0.1) is 6.67 Å². The van der Waals surface area contributed by atoms with Gasteiger partial charge in [-0.3, -0.25) is 4.39 Å². The Morgan fingerprint density at radius 1 is 0.844 bits per heavy atom. The zero-order valence-electron chi connectivity index (χ0n) is 18.5. The zero-order valence-corrected chi connectivity index (χ0v) is 18.5. The largest absolute Gasteiger partial charge is 0.573 e. The molecule has 2 aliphatic rings. The van der Waals surface area contributed by atoms with Gasteiger partial charge in [-0.15, -0.1) is 13.2 Å². The normalized spacial score (nSPS) is 26.2. The van der Waals surface area contributed by atoms with Crippen LogP contribution < -0.4 is 4.74 Å². The lowest BCUT2D eigenvalue weighted by Crippen LogP contribution is -2.19. The molecule has 1 nitrogen and oxygen atoms in total. The number of hydrogen-bond donors (Lipinski definition) is 0. The molecule has 1 aromatic carbocycles. The van der Waals surface area contributed by atoms with Gasteiger partial charge in [-0.25, -0.2) is 13.2 Å². The Bertz CT molecular complexity index is 638. The number of rotatable bonds is 6. The van der Waals surface area contributed by atoms with Crippen LogP contribution in [0.5, 0.6) is 5.75 Å². The number of hydrogen-bond acceptors (Lipinski definition) is 1. The molecular formula is C24H33F7O. The summed E-state index contributed by atoms with van der Waals surface area (Å²) in [7, 11) is 0. The van der Waals surface area contributed by atoms with Crippen molar-refractivity contribution < 1.29 is 35.5 Å². The molecular weight excluding hydrogens is 437 g/mol. The summed E-state index contributed by atoms with van der Waals surface area (Å²) in [6.45, 7) is 2.15. The molecule has 2 saturated carbocycles. The first-order valence-electron chi connectivity index (χ1n) is 11.6. The van der Waals surface area contributed by atoms with Gasteiger partial charge in [0.2, 0.25) is 5.75 Å². The first-order chi connectivity index (χ1) is 15.1. The standard InChI is InChI=1S/C13H12F6O.C11H21F/c14-9-3-1-7(2-4-9)8-5-10(15)12(11(16)6-8)20-13(17,18)19;1-2-3-10-4-6-11(7-5-10)8-9-12/h5-7,9H,1-4H2;10-11H,2-9H2,1H3. The van der Waals surface area contributed by atoms with Crippen molar-refractivity contribution in [2.75, 3.05) is 6.67 Å². The molecule has 3 rings (SSSR count). The van der Waals surface area contributed by atoms with Crippen LogP contribution in [0.25, 0.3) is 0 Å². The Hall–Kier alpha value is -1.47. The molecule has 0 aromatic heterocycles. The van der Waals surface area contributed by atoms with E-state index in [1.54, 1.807) is 0 Å². The van der Waals surface area contributed by atoms with Gasteiger partial charge in [0.1, 0.15) is 6.17 Å². The van der Waals surface area contributed by atoms with Gasteiger partial charge in [-0.1, -0.05) is 45.4 Å². The van der Waals surface area contributed by atoms with Gasteiger partial charge in [0, 0.05) is 0 Å². The zero-order chi connectivity index (χ0) is 23.7. The first kappa shape index (κ1) is 26.8. The van der Waals surface area contributed by atoms with Crippen LogP contribution in [0.4, 0.5) is 30.7 Å². The lowest BCUT2D eigenvalue weighted by molar-refractivity contribution is -0.276. The van der Waals surface area contributed by atoms with E-state index < -0.39 is 29.9 Å². The topological polar surface area (TPSA) is 9.23 Å². The highest BCUT2D eigenvalue weighted by molar-refractivity contribution is 5.33. The van der Waals surface area contributed by atoms with E-state index in [1.807, 2.05) is 0 Å². The molecule has 2 aliphatic carbocycles. The van der Waals surface area contributed by atoms with Crippen LogP contribution in [0.15, 0.2) is 12.1 Å². The fourth-order valence-corrected chi connectivity index (χ4v) is 4.79. The lowest BCUT2D eigenvalue weighted by Gasteiger charge is -2.27. The van der Waals surface area contributed by atoms with Crippen molar-refractivity contribution in [1.29, 1.82) is 0 Å². The monoisotopic (exact) mass is 470 g/mol. The first-order valence-corrected chi connectivity index (χ1v) is 11.6. The maximum absolute atomic E-state index is 13.5. The van der Waals surface area contributed by atoms with Crippen LogP contribution >= 0.6 is 0 Å². The van der Waals surface area contributed by atoms with E-state index in [0.717, 1.165) is 24.5 Å². The van der Waals surface area contributed by atoms with E-state index in [4.69, 9.17) is 0 Å². The molecule has 0 radical (unpaired) electrons. The van der Waals surface area contributed by atoms with E-state index in [9.17, 15) is 30.7 Å². The van der Waals surface area contributed by atoms with Crippen LogP contribution in [0, 0.1) is 23.5 Å². The van der Waals surface area contributed by atoms with Gasteiger partial charge < -0.3 is 4.74 Å². The molecule has 0 atom stereocenters. The van der Waals surface area contributed by atoms with Gasteiger partial charge in [-0.05, 0) is 67.6 Å². The maximum atomic E-state index is 13.5. The molecule has 32 heavy (non-hydrogen) atoms. The highest BCUT2D eigenvalue weighted by Crippen LogP contribution is 2.37. The Labute approximate surface area is 185 Å². The van der Waals surface area contributed by atoms with Gasteiger partial charge >= 0.3 is 6.36 Å². The summed E-state index contributed by atoms with van der Waals surface area (Å²) in [6, 6.07) is 1.65. The summed E-state index contributed by atoms with van der Waals surface area (Å²) in [4.78, 5) is 0. The van der Waals surface area contributed by atoms with E-state index >= 15 is 0 Å². The smallest absolute Gasteiger partial charge is 0.399 e. The van der Waals surface area contributed by atoms with Crippen LogP contribution in [0.2, 0.25) is 0 Å². The van der Waals surface area contributed by atoms with Crippen molar-refractivity contribution in [1.82, 2.24) is 0 Å². The van der Waals surface area contributed by atoms with Crippen LogP contribution in [-0.4, -0.2) is 19.2 Å². The molecule has 0 bridgehead atoms. The van der Waals surface area contributed by atoms with Crippen molar-refractivity contribution in [3.63, 3.8) is 0 Å². The third kappa shape index (κ3) is 8.81. The number of alkyl halides is 5. The number of ether oxygens (including phenoxy) is 1. The third-order valence-electron chi connectivity index (χ3n) is 6.55. The molecule has 0 saturated heterocycles. The molecule has 0 N–H and O–H groups in total. The fourth-order valence-electron chi connectivity index (χ4n) is 4.79. The van der Waals surface area contributed by atoms with Gasteiger partial charge in [0.15, 0.2) is 11.6 Å². The molecule has 184 valence electrons. The molecule has 0 amide bonds. The second kappa shape index (κ2) is 12.7. The van der Waals surface area contributed by atoms with Crippen molar-refractivity contribution in [2.24, 2.45) is 11.8 Å². The summed E-state index contributed by atoms with van der Waals surface area (Å²) in [6.07, 6.45) is 4.14. The highest BCUT2D eigenvalue weighted by Gasteiger charge is 2.34. The van der Waals surface area contributed by atoms with Gasteiger partial charge in [-0.2, -0.15) is 0 Å². The van der Waals surface area contributed by atoms with E-state index in [-0.39, 0.29) is 31.0 Å². The number of halogens is 7. The second-order valence-electron chi connectivity index (χ2n) is 8.96.